The van der Waals surface area contributed by atoms with E-state index in [0.717, 1.165) is 5.56 Å². The Morgan fingerprint density at radius 2 is 1.52 bits per heavy atom. The SMILES string of the molecule is CSC(C(C(=O)c1ccccc1)C(C)C)S(=O)(=O)c1ccc(C)cc1. The number of ketones is 1. The van der Waals surface area contributed by atoms with E-state index in [-0.39, 0.29) is 16.6 Å². The van der Waals surface area contributed by atoms with E-state index in [2.05, 4.69) is 0 Å². The van der Waals surface area contributed by atoms with Crippen molar-refractivity contribution in [2.24, 2.45) is 11.8 Å². The number of carbonyl (C=O) groups is 1. The molecule has 0 aliphatic rings. The Labute approximate surface area is 154 Å². The topological polar surface area (TPSA) is 51.2 Å². The summed E-state index contributed by atoms with van der Waals surface area (Å²) >= 11 is 1.23. The highest BCUT2D eigenvalue weighted by molar-refractivity contribution is 8.13. The summed E-state index contributed by atoms with van der Waals surface area (Å²) in [6, 6.07) is 15.7. The first-order valence-corrected chi connectivity index (χ1v) is 11.0. The number of hydrogen-bond donors (Lipinski definition) is 0. The van der Waals surface area contributed by atoms with Gasteiger partial charge in [-0.25, -0.2) is 8.42 Å². The molecule has 0 heterocycles. The van der Waals surface area contributed by atoms with Crippen molar-refractivity contribution in [3.05, 3.63) is 65.7 Å². The average molecular weight is 377 g/mol. The minimum Gasteiger partial charge on any atom is -0.294 e. The molecule has 5 heteroatoms. The third-order valence-electron chi connectivity index (χ3n) is 4.26. The predicted molar refractivity (Wildman–Crippen MR) is 105 cm³/mol. The highest BCUT2D eigenvalue weighted by Crippen LogP contribution is 2.35. The van der Waals surface area contributed by atoms with Crippen molar-refractivity contribution in [3.63, 3.8) is 0 Å². The van der Waals surface area contributed by atoms with Crippen LogP contribution in [0.2, 0.25) is 0 Å². The average Bonchev–Trinajstić information content (AvgIpc) is 2.59. The number of hydrogen-bond acceptors (Lipinski definition) is 4. The largest absolute Gasteiger partial charge is 0.294 e. The third kappa shape index (κ3) is 4.33. The van der Waals surface area contributed by atoms with E-state index >= 15 is 0 Å². The van der Waals surface area contributed by atoms with E-state index in [1.54, 1.807) is 54.8 Å². The van der Waals surface area contributed by atoms with Crippen LogP contribution < -0.4 is 0 Å². The lowest BCUT2D eigenvalue weighted by molar-refractivity contribution is 0.0896. The van der Waals surface area contributed by atoms with E-state index in [1.165, 1.54) is 11.8 Å². The van der Waals surface area contributed by atoms with Crippen LogP contribution in [0.15, 0.2) is 59.5 Å². The highest BCUT2D eigenvalue weighted by atomic mass is 32.3. The molecule has 0 aliphatic carbocycles. The van der Waals surface area contributed by atoms with Gasteiger partial charge in [0.05, 0.1) is 10.8 Å². The maximum atomic E-state index is 13.2. The van der Waals surface area contributed by atoms with Gasteiger partial charge in [0, 0.05) is 5.56 Å². The summed E-state index contributed by atoms with van der Waals surface area (Å²) in [4.78, 5) is 13.3. The van der Waals surface area contributed by atoms with Gasteiger partial charge in [0.2, 0.25) is 0 Å². The van der Waals surface area contributed by atoms with Crippen molar-refractivity contribution in [2.45, 2.75) is 30.2 Å². The van der Waals surface area contributed by atoms with Gasteiger partial charge in [-0.05, 0) is 31.2 Å². The van der Waals surface area contributed by atoms with Gasteiger partial charge in [-0.15, -0.1) is 11.8 Å². The number of benzene rings is 2. The van der Waals surface area contributed by atoms with E-state index in [4.69, 9.17) is 0 Å². The lowest BCUT2D eigenvalue weighted by Gasteiger charge is -2.28. The molecule has 2 rings (SSSR count). The van der Waals surface area contributed by atoms with E-state index in [1.807, 2.05) is 26.8 Å². The molecule has 0 radical (unpaired) electrons. The molecule has 134 valence electrons. The Hall–Kier alpha value is -1.59. The van der Waals surface area contributed by atoms with Crippen LogP contribution >= 0.6 is 11.8 Å². The van der Waals surface area contributed by atoms with Crippen molar-refractivity contribution >= 4 is 27.4 Å². The number of thioether (sulfide) groups is 1. The summed E-state index contributed by atoms with van der Waals surface area (Å²) in [5.41, 5.74) is 1.56. The van der Waals surface area contributed by atoms with E-state index < -0.39 is 20.3 Å². The molecule has 0 fully saturated rings. The minimum absolute atomic E-state index is 0.0922. The first-order chi connectivity index (χ1) is 11.8. The first kappa shape index (κ1) is 19.7. The van der Waals surface area contributed by atoms with Crippen molar-refractivity contribution < 1.29 is 13.2 Å². The van der Waals surface area contributed by atoms with Crippen molar-refractivity contribution in [1.82, 2.24) is 0 Å². The molecule has 0 amide bonds. The van der Waals surface area contributed by atoms with Crippen LogP contribution in [-0.2, 0) is 9.84 Å². The Morgan fingerprint density at radius 3 is 2.00 bits per heavy atom. The fourth-order valence-corrected chi connectivity index (χ4v) is 6.55. The Morgan fingerprint density at radius 1 is 0.960 bits per heavy atom. The standard InChI is InChI=1S/C20H24O3S2/c1-14(2)18(19(21)16-8-6-5-7-9-16)20(24-4)25(22,23)17-12-10-15(3)11-13-17/h5-14,18,20H,1-4H3. The van der Waals surface area contributed by atoms with Crippen molar-refractivity contribution in [1.29, 1.82) is 0 Å². The van der Waals surface area contributed by atoms with Crippen LogP contribution in [-0.4, -0.2) is 25.0 Å². The molecule has 0 spiro atoms. The van der Waals surface area contributed by atoms with Crippen molar-refractivity contribution in [2.75, 3.05) is 6.26 Å². The number of carbonyl (C=O) groups excluding carboxylic acids is 1. The third-order valence-corrected chi connectivity index (χ3v) is 8.19. The molecule has 0 aliphatic heterocycles. The number of sulfone groups is 1. The zero-order chi connectivity index (χ0) is 18.6. The first-order valence-electron chi connectivity index (χ1n) is 8.21. The molecule has 0 saturated carbocycles. The summed E-state index contributed by atoms with van der Waals surface area (Å²) < 4.78 is 25.5. The molecule has 2 unspecified atom stereocenters. The van der Waals surface area contributed by atoms with Gasteiger partial charge in [0.15, 0.2) is 15.6 Å². The molecular weight excluding hydrogens is 352 g/mol. The zero-order valence-electron chi connectivity index (χ0n) is 15.0. The minimum atomic E-state index is -3.62. The van der Waals surface area contributed by atoms with E-state index in [9.17, 15) is 13.2 Å². The van der Waals surface area contributed by atoms with Crippen LogP contribution in [0.25, 0.3) is 0 Å². The summed E-state index contributed by atoms with van der Waals surface area (Å²) in [5, 5.41) is 0. The maximum Gasteiger partial charge on any atom is 0.191 e. The Balaban J connectivity index is 2.47. The lowest BCUT2D eigenvalue weighted by Crippen LogP contribution is -2.36. The molecule has 2 aromatic rings. The van der Waals surface area contributed by atoms with Crippen LogP contribution in [0.5, 0.6) is 0 Å². The number of Topliss-reactive ketones (excluding diaryl/α,β-unsaturated/α-hetero) is 1. The van der Waals surface area contributed by atoms with Gasteiger partial charge in [-0.2, -0.15) is 0 Å². The summed E-state index contributed by atoms with van der Waals surface area (Å²) in [6.45, 7) is 5.72. The second kappa shape index (κ2) is 8.19. The lowest BCUT2D eigenvalue weighted by atomic mass is 9.89. The highest BCUT2D eigenvalue weighted by Gasteiger charge is 2.40. The molecule has 25 heavy (non-hydrogen) atoms. The fourth-order valence-electron chi connectivity index (χ4n) is 2.86. The van der Waals surface area contributed by atoms with Gasteiger partial charge in [-0.1, -0.05) is 61.9 Å². The van der Waals surface area contributed by atoms with Gasteiger partial charge >= 0.3 is 0 Å². The molecule has 2 atom stereocenters. The van der Waals surface area contributed by atoms with E-state index in [0.29, 0.717) is 5.56 Å². The van der Waals surface area contributed by atoms with Gasteiger partial charge in [-0.3, -0.25) is 4.79 Å². The maximum absolute atomic E-state index is 13.2. The molecule has 2 aromatic carbocycles. The monoisotopic (exact) mass is 376 g/mol. The predicted octanol–water partition coefficient (Wildman–Crippen LogP) is 4.61. The van der Waals surface area contributed by atoms with Gasteiger partial charge in [0.1, 0.15) is 4.58 Å². The molecule has 0 N–H and O–H groups in total. The number of aryl methyl sites for hydroxylation is 1. The molecule has 0 saturated heterocycles. The summed E-state index contributed by atoms with van der Waals surface area (Å²) in [6.07, 6.45) is 1.75. The number of rotatable bonds is 7. The normalized spacial score (nSPS) is 14.3. The Kier molecular flexibility index (Phi) is 6.47. The zero-order valence-corrected chi connectivity index (χ0v) is 16.6. The Bertz CT molecular complexity index is 810. The van der Waals surface area contributed by atoms with Gasteiger partial charge in [0.25, 0.3) is 0 Å². The van der Waals surface area contributed by atoms with Gasteiger partial charge < -0.3 is 0 Å². The summed E-state index contributed by atoms with van der Waals surface area (Å²) in [7, 11) is -3.62. The molecule has 3 nitrogen and oxygen atoms in total. The molecule has 0 bridgehead atoms. The second-order valence-corrected chi connectivity index (χ2v) is 9.81. The smallest absolute Gasteiger partial charge is 0.191 e. The van der Waals surface area contributed by atoms with Crippen LogP contribution in [0.1, 0.15) is 29.8 Å². The quantitative estimate of drug-likeness (QED) is 0.662. The van der Waals surface area contributed by atoms with Crippen LogP contribution in [0, 0.1) is 18.8 Å². The fraction of sp³-hybridized carbons (Fsp3) is 0.350. The molecular formula is C20H24O3S2. The summed E-state index contributed by atoms with van der Waals surface area (Å²) in [5.74, 6) is -0.820. The van der Waals surface area contributed by atoms with Crippen molar-refractivity contribution in [3.8, 4) is 0 Å². The van der Waals surface area contributed by atoms with Crippen LogP contribution in [0.3, 0.4) is 0 Å². The van der Waals surface area contributed by atoms with Crippen LogP contribution in [0.4, 0.5) is 0 Å². The molecule has 0 aromatic heterocycles. The second-order valence-electron chi connectivity index (χ2n) is 6.46.